The van der Waals surface area contributed by atoms with Crippen molar-refractivity contribution in [2.24, 2.45) is 11.8 Å². The van der Waals surface area contributed by atoms with Crippen molar-refractivity contribution in [1.82, 2.24) is 0 Å². The Hall–Kier alpha value is -1.98. The molecule has 1 aliphatic carbocycles. The van der Waals surface area contributed by atoms with Crippen LogP contribution < -0.4 is 0 Å². The predicted octanol–water partition coefficient (Wildman–Crippen LogP) is 3.53. The van der Waals surface area contributed by atoms with E-state index in [2.05, 4.69) is 0 Å². The van der Waals surface area contributed by atoms with Gasteiger partial charge in [-0.25, -0.2) is 0 Å². The number of aliphatic carboxylic acids is 1. The van der Waals surface area contributed by atoms with Crippen LogP contribution in [-0.4, -0.2) is 39.3 Å². The van der Waals surface area contributed by atoms with Gasteiger partial charge in [-0.15, -0.1) is 0 Å². The first-order chi connectivity index (χ1) is 13.5. The molecule has 1 aromatic rings. The average molecular weight is 389 g/mol. The molecule has 0 radical (unpaired) electrons. The van der Waals surface area contributed by atoms with Gasteiger partial charge in [-0.2, -0.15) is 0 Å². The van der Waals surface area contributed by atoms with E-state index in [9.17, 15) is 19.8 Å². The molecule has 28 heavy (non-hydrogen) atoms. The monoisotopic (exact) mass is 388 g/mol. The van der Waals surface area contributed by atoms with E-state index in [1.807, 2.05) is 42.5 Å². The smallest absolute Gasteiger partial charge is 0.303 e. The fourth-order valence-electron chi connectivity index (χ4n) is 4.03. The van der Waals surface area contributed by atoms with Gasteiger partial charge in [0.2, 0.25) is 0 Å². The van der Waals surface area contributed by atoms with E-state index in [1.165, 1.54) is 0 Å². The summed E-state index contributed by atoms with van der Waals surface area (Å²) in [6.45, 7) is 0. The zero-order chi connectivity index (χ0) is 20.4. The van der Waals surface area contributed by atoms with Gasteiger partial charge < -0.3 is 15.3 Å². The Morgan fingerprint density at radius 3 is 2.39 bits per heavy atom. The number of Topliss-reactive ketones (excluding diaryl/α,β-unsaturated/α-hetero) is 1. The number of allylic oxidation sites excluding steroid dienone is 2. The number of aryl methyl sites for hydroxylation is 1. The molecule has 1 fully saturated rings. The van der Waals surface area contributed by atoms with Crippen molar-refractivity contribution in [3.8, 4) is 0 Å². The summed E-state index contributed by atoms with van der Waals surface area (Å²) in [7, 11) is 0. The molecule has 5 heteroatoms. The highest BCUT2D eigenvalue weighted by Gasteiger charge is 2.40. The van der Waals surface area contributed by atoms with Gasteiger partial charge in [-0.1, -0.05) is 42.5 Å². The van der Waals surface area contributed by atoms with Gasteiger partial charge in [0.25, 0.3) is 0 Å². The lowest BCUT2D eigenvalue weighted by Gasteiger charge is -2.22. The molecule has 154 valence electrons. The van der Waals surface area contributed by atoms with Crippen molar-refractivity contribution >= 4 is 11.8 Å². The van der Waals surface area contributed by atoms with Crippen LogP contribution in [0.15, 0.2) is 42.5 Å². The minimum absolute atomic E-state index is 0.0485. The van der Waals surface area contributed by atoms with E-state index in [1.54, 1.807) is 0 Å². The molecule has 1 aromatic carbocycles. The lowest BCUT2D eigenvalue weighted by atomic mass is 9.86. The number of hydrogen-bond donors (Lipinski definition) is 3. The van der Waals surface area contributed by atoms with Crippen LogP contribution in [0.1, 0.15) is 56.9 Å². The average Bonchev–Trinajstić information content (AvgIpc) is 2.94. The van der Waals surface area contributed by atoms with Crippen molar-refractivity contribution < 1.29 is 24.9 Å². The fourth-order valence-corrected chi connectivity index (χ4v) is 4.03. The highest BCUT2D eigenvalue weighted by molar-refractivity contribution is 5.78. The van der Waals surface area contributed by atoms with Gasteiger partial charge in [0.1, 0.15) is 5.78 Å². The Balaban J connectivity index is 1.75. The molecule has 1 aliphatic rings. The van der Waals surface area contributed by atoms with Gasteiger partial charge >= 0.3 is 5.97 Å². The van der Waals surface area contributed by atoms with Crippen molar-refractivity contribution in [2.45, 2.75) is 70.0 Å². The molecule has 2 rings (SSSR count). The van der Waals surface area contributed by atoms with Crippen LogP contribution >= 0.6 is 0 Å². The summed E-state index contributed by atoms with van der Waals surface area (Å²) in [6, 6.07) is 9.93. The Labute approximate surface area is 167 Å². The Morgan fingerprint density at radius 2 is 1.68 bits per heavy atom. The Kier molecular flexibility index (Phi) is 9.38. The van der Waals surface area contributed by atoms with Crippen LogP contribution in [-0.2, 0) is 16.0 Å². The largest absolute Gasteiger partial charge is 0.481 e. The number of carboxylic acids is 1. The molecule has 3 N–H and O–H groups in total. The number of ketones is 1. The van der Waals surface area contributed by atoms with Crippen LogP contribution in [0.3, 0.4) is 0 Å². The van der Waals surface area contributed by atoms with Gasteiger partial charge in [-0.05, 0) is 55.9 Å². The quantitative estimate of drug-likeness (QED) is 0.376. The molecule has 0 unspecified atom stereocenters. The predicted molar refractivity (Wildman–Crippen MR) is 108 cm³/mol. The molecular formula is C23H32O5. The zero-order valence-electron chi connectivity index (χ0n) is 16.4. The van der Waals surface area contributed by atoms with Crippen LogP contribution in [0.2, 0.25) is 0 Å². The first kappa shape index (κ1) is 22.3. The van der Waals surface area contributed by atoms with Crippen molar-refractivity contribution in [3.05, 3.63) is 48.0 Å². The van der Waals surface area contributed by atoms with Crippen molar-refractivity contribution in [2.75, 3.05) is 0 Å². The molecule has 0 bridgehead atoms. The van der Waals surface area contributed by atoms with Crippen molar-refractivity contribution in [3.63, 3.8) is 0 Å². The molecule has 0 saturated heterocycles. The summed E-state index contributed by atoms with van der Waals surface area (Å²) < 4.78 is 0. The number of benzene rings is 1. The summed E-state index contributed by atoms with van der Waals surface area (Å²) in [5, 5.41) is 29.2. The van der Waals surface area contributed by atoms with E-state index in [-0.39, 0.29) is 24.0 Å². The third-order valence-corrected chi connectivity index (χ3v) is 5.65. The second-order valence-corrected chi connectivity index (χ2v) is 7.75. The molecular weight excluding hydrogens is 356 g/mol. The van der Waals surface area contributed by atoms with Crippen LogP contribution in [0.5, 0.6) is 0 Å². The number of aliphatic hydroxyl groups is 2. The minimum atomic E-state index is -0.792. The molecule has 0 heterocycles. The van der Waals surface area contributed by atoms with E-state index in [4.69, 9.17) is 5.11 Å². The van der Waals surface area contributed by atoms with Gasteiger partial charge in [0.05, 0.1) is 12.2 Å². The van der Waals surface area contributed by atoms with Crippen LogP contribution in [0.25, 0.3) is 0 Å². The second kappa shape index (κ2) is 11.8. The molecule has 0 amide bonds. The SMILES string of the molecule is O=C(O)CCCC=CC[C@@H]1[C@@H](CCC(=O)CCc2ccccc2)[C@H](O)C[C@@H]1O. The molecule has 0 aromatic heterocycles. The molecule has 0 aliphatic heterocycles. The maximum Gasteiger partial charge on any atom is 0.303 e. The van der Waals surface area contributed by atoms with Crippen LogP contribution in [0, 0.1) is 11.8 Å². The zero-order valence-corrected chi connectivity index (χ0v) is 16.4. The van der Waals surface area contributed by atoms with Crippen molar-refractivity contribution in [1.29, 1.82) is 0 Å². The summed E-state index contributed by atoms with van der Waals surface area (Å²) in [5.74, 6) is -0.716. The van der Waals surface area contributed by atoms with E-state index >= 15 is 0 Å². The highest BCUT2D eigenvalue weighted by Crippen LogP contribution is 2.38. The summed E-state index contributed by atoms with van der Waals surface area (Å²) in [6.07, 6.45) is 7.52. The lowest BCUT2D eigenvalue weighted by Crippen LogP contribution is -2.22. The third-order valence-electron chi connectivity index (χ3n) is 5.65. The maximum atomic E-state index is 12.2. The molecule has 5 nitrogen and oxygen atoms in total. The number of rotatable bonds is 12. The summed E-state index contributed by atoms with van der Waals surface area (Å²) in [5.41, 5.74) is 1.15. The lowest BCUT2D eigenvalue weighted by molar-refractivity contribution is -0.137. The first-order valence-electron chi connectivity index (χ1n) is 10.3. The molecule has 4 atom stereocenters. The Morgan fingerprint density at radius 1 is 0.964 bits per heavy atom. The number of carboxylic acid groups (broad SMARTS) is 1. The number of carbonyl (C=O) groups excluding carboxylic acids is 1. The second-order valence-electron chi connectivity index (χ2n) is 7.75. The standard InChI is InChI=1S/C23H32O5/c24-18(13-12-17-8-4-3-5-9-17)14-15-20-19(21(25)16-22(20)26)10-6-1-2-7-11-23(27)28/h1,3-6,8-9,19-22,25-26H,2,7,10-16H2,(H,27,28)/t19-,20-,21+,22-/m1/s1. The normalized spacial score (nSPS) is 24.6. The molecule has 0 spiro atoms. The fraction of sp³-hybridized carbons (Fsp3) is 0.565. The maximum absolute atomic E-state index is 12.2. The minimum Gasteiger partial charge on any atom is -0.481 e. The number of aliphatic hydroxyl groups excluding tert-OH is 2. The molecule has 1 saturated carbocycles. The number of unbranched alkanes of at least 4 members (excludes halogenated alkanes) is 1. The topological polar surface area (TPSA) is 94.8 Å². The number of carbonyl (C=O) groups is 2. The van der Waals surface area contributed by atoms with E-state index < -0.39 is 18.2 Å². The Bertz CT molecular complexity index is 640. The van der Waals surface area contributed by atoms with Gasteiger partial charge in [0, 0.05) is 19.3 Å². The van der Waals surface area contributed by atoms with E-state index in [0.29, 0.717) is 44.9 Å². The van der Waals surface area contributed by atoms with Gasteiger partial charge in [0.15, 0.2) is 0 Å². The highest BCUT2D eigenvalue weighted by atomic mass is 16.4. The van der Waals surface area contributed by atoms with Crippen LogP contribution in [0.4, 0.5) is 0 Å². The summed E-state index contributed by atoms with van der Waals surface area (Å²) >= 11 is 0. The van der Waals surface area contributed by atoms with Gasteiger partial charge in [-0.3, -0.25) is 9.59 Å². The number of hydrogen-bond acceptors (Lipinski definition) is 4. The van der Waals surface area contributed by atoms with E-state index in [0.717, 1.165) is 12.0 Å². The summed E-state index contributed by atoms with van der Waals surface area (Å²) in [4.78, 5) is 22.8. The first-order valence-corrected chi connectivity index (χ1v) is 10.3. The third kappa shape index (κ3) is 7.56.